The predicted molar refractivity (Wildman–Crippen MR) is 111 cm³/mol. The summed E-state index contributed by atoms with van der Waals surface area (Å²) in [6.45, 7) is 5.20. The largest absolute Gasteiger partial charge is 0.473 e. The number of ether oxygens (including phenoxy) is 1. The molecule has 0 aliphatic carbocycles. The molecule has 0 N–H and O–H groups in total. The van der Waals surface area contributed by atoms with Crippen molar-refractivity contribution >= 4 is 5.82 Å². The standard InChI is InChI=1S/C23H23N5O/c24-16-19-4-6-20(7-5-19)17-27-12-14-28(15-13-27)22-2-1-3-23(26-22)29-18-21-8-10-25-11-9-21/h1-11H,12-15,17-18H2. The van der Waals surface area contributed by atoms with Gasteiger partial charge in [0, 0.05) is 51.2 Å². The molecule has 0 unspecified atom stereocenters. The molecule has 2 aromatic heterocycles. The Morgan fingerprint density at radius 2 is 1.66 bits per heavy atom. The summed E-state index contributed by atoms with van der Waals surface area (Å²) in [5.74, 6) is 1.59. The summed E-state index contributed by atoms with van der Waals surface area (Å²) in [5, 5.41) is 8.92. The number of piperazine rings is 1. The fourth-order valence-corrected chi connectivity index (χ4v) is 3.37. The van der Waals surface area contributed by atoms with Crippen molar-refractivity contribution < 1.29 is 4.74 Å². The molecule has 1 aliphatic heterocycles. The third-order valence-electron chi connectivity index (χ3n) is 5.03. The Balaban J connectivity index is 1.30. The zero-order valence-corrected chi connectivity index (χ0v) is 16.2. The summed E-state index contributed by atoms with van der Waals surface area (Å²) in [6, 6.07) is 19.8. The van der Waals surface area contributed by atoms with Gasteiger partial charge in [-0.25, -0.2) is 0 Å². The number of benzene rings is 1. The number of pyridine rings is 2. The Kier molecular flexibility index (Phi) is 5.98. The van der Waals surface area contributed by atoms with Gasteiger partial charge in [-0.05, 0) is 41.5 Å². The molecule has 3 aromatic rings. The van der Waals surface area contributed by atoms with E-state index in [0.29, 0.717) is 18.1 Å². The lowest BCUT2D eigenvalue weighted by atomic mass is 10.1. The van der Waals surface area contributed by atoms with Crippen molar-refractivity contribution in [2.75, 3.05) is 31.1 Å². The molecule has 1 aliphatic rings. The number of aromatic nitrogens is 2. The van der Waals surface area contributed by atoms with Crippen LogP contribution in [0.15, 0.2) is 67.0 Å². The maximum absolute atomic E-state index is 8.92. The van der Waals surface area contributed by atoms with Gasteiger partial charge in [0.15, 0.2) is 0 Å². The van der Waals surface area contributed by atoms with Crippen LogP contribution in [0.2, 0.25) is 0 Å². The SMILES string of the molecule is N#Cc1ccc(CN2CCN(c3cccc(OCc4ccncc4)n3)CC2)cc1. The first kappa shape index (κ1) is 18.9. The topological polar surface area (TPSA) is 65.3 Å². The Hall–Kier alpha value is -3.43. The smallest absolute Gasteiger partial charge is 0.215 e. The number of rotatable bonds is 6. The highest BCUT2D eigenvalue weighted by Crippen LogP contribution is 2.19. The molecule has 0 spiro atoms. The monoisotopic (exact) mass is 385 g/mol. The molecule has 29 heavy (non-hydrogen) atoms. The van der Waals surface area contributed by atoms with E-state index in [1.54, 1.807) is 12.4 Å². The third kappa shape index (κ3) is 5.09. The maximum atomic E-state index is 8.92. The maximum Gasteiger partial charge on any atom is 0.215 e. The highest BCUT2D eigenvalue weighted by atomic mass is 16.5. The Morgan fingerprint density at radius 1 is 0.897 bits per heavy atom. The Bertz CT molecular complexity index is 961. The van der Waals surface area contributed by atoms with Crippen LogP contribution in [0.1, 0.15) is 16.7 Å². The van der Waals surface area contributed by atoms with Crippen LogP contribution in [0.25, 0.3) is 0 Å². The lowest BCUT2D eigenvalue weighted by Gasteiger charge is -2.35. The average Bonchev–Trinajstić information content (AvgIpc) is 2.80. The molecule has 0 saturated carbocycles. The molecule has 0 radical (unpaired) electrons. The normalized spacial score (nSPS) is 14.4. The number of hydrogen-bond acceptors (Lipinski definition) is 6. The summed E-state index contributed by atoms with van der Waals surface area (Å²) in [4.78, 5) is 13.4. The molecule has 146 valence electrons. The van der Waals surface area contributed by atoms with Gasteiger partial charge < -0.3 is 9.64 Å². The zero-order valence-electron chi connectivity index (χ0n) is 16.2. The minimum absolute atomic E-state index is 0.483. The van der Waals surface area contributed by atoms with Gasteiger partial charge in [0.25, 0.3) is 0 Å². The highest BCUT2D eigenvalue weighted by Gasteiger charge is 2.18. The summed E-state index contributed by atoms with van der Waals surface area (Å²) < 4.78 is 5.84. The molecule has 1 fully saturated rings. The van der Waals surface area contributed by atoms with Gasteiger partial charge >= 0.3 is 0 Å². The minimum Gasteiger partial charge on any atom is -0.473 e. The number of hydrogen-bond donors (Lipinski definition) is 0. The molecule has 4 rings (SSSR count). The Morgan fingerprint density at radius 3 is 2.38 bits per heavy atom. The van der Waals surface area contributed by atoms with E-state index in [0.717, 1.165) is 44.1 Å². The molecule has 0 atom stereocenters. The first-order valence-corrected chi connectivity index (χ1v) is 9.75. The minimum atomic E-state index is 0.483. The quantitative estimate of drug-likeness (QED) is 0.649. The lowest BCUT2D eigenvalue weighted by Crippen LogP contribution is -2.46. The van der Waals surface area contributed by atoms with E-state index < -0.39 is 0 Å². The molecule has 6 nitrogen and oxygen atoms in total. The van der Waals surface area contributed by atoms with Gasteiger partial charge in [-0.15, -0.1) is 0 Å². The fraction of sp³-hybridized carbons (Fsp3) is 0.261. The van der Waals surface area contributed by atoms with Crippen LogP contribution in [-0.2, 0) is 13.2 Å². The third-order valence-corrected chi connectivity index (χ3v) is 5.03. The van der Waals surface area contributed by atoms with E-state index in [4.69, 9.17) is 10.00 Å². The van der Waals surface area contributed by atoms with E-state index in [-0.39, 0.29) is 0 Å². The van der Waals surface area contributed by atoms with Crippen LogP contribution in [0.4, 0.5) is 5.82 Å². The van der Waals surface area contributed by atoms with E-state index in [1.165, 1.54) is 5.56 Å². The summed E-state index contributed by atoms with van der Waals surface area (Å²) in [6.07, 6.45) is 3.53. The molecular formula is C23H23N5O. The number of anilines is 1. The van der Waals surface area contributed by atoms with Crippen molar-refractivity contribution in [3.8, 4) is 11.9 Å². The van der Waals surface area contributed by atoms with E-state index in [2.05, 4.69) is 25.8 Å². The molecule has 1 aromatic carbocycles. The van der Waals surface area contributed by atoms with E-state index in [9.17, 15) is 0 Å². The number of nitriles is 1. The van der Waals surface area contributed by atoms with E-state index >= 15 is 0 Å². The second-order valence-corrected chi connectivity index (χ2v) is 7.05. The van der Waals surface area contributed by atoms with Crippen LogP contribution >= 0.6 is 0 Å². The first-order chi connectivity index (χ1) is 14.3. The van der Waals surface area contributed by atoms with Gasteiger partial charge in [0.05, 0.1) is 11.6 Å². The van der Waals surface area contributed by atoms with Gasteiger partial charge in [-0.2, -0.15) is 10.2 Å². The zero-order chi connectivity index (χ0) is 19.9. The van der Waals surface area contributed by atoms with E-state index in [1.807, 2.05) is 54.6 Å². The van der Waals surface area contributed by atoms with Crippen molar-refractivity contribution in [1.29, 1.82) is 5.26 Å². The molecule has 3 heterocycles. The molecule has 0 bridgehead atoms. The van der Waals surface area contributed by atoms with Crippen molar-refractivity contribution in [2.45, 2.75) is 13.2 Å². The van der Waals surface area contributed by atoms with Crippen LogP contribution in [0, 0.1) is 11.3 Å². The van der Waals surface area contributed by atoms with Gasteiger partial charge in [0.2, 0.25) is 5.88 Å². The highest BCUT2D eigenvalue weighted by molar-refractivity contribution is 5.41. The van der Waals surface area contributed by atoms with Gasteiger partial charge in [-0.1, -0.05) is 18.2 Å². The molecular weight excluding hydrogens is 362 g/mol. The molecule has 6 heteroatoms. The van der Waals surface area contributed by atoms with Crippen LogP contribution < -0.4 is 9.64 Å². The summed E-state index contributed by atoms with van der Waals surface area (Å²) >= 11 is 0. The van der Waals surface area contributed by atoms with Gasteiger partial charge in [-0.3, -0.25) is 9.88 Å². The second-order valence-electron chi connectivity index (χ2n) is 7.05. The fourth-order valence-electron chi connectivity index (χ4n) is 3.37. The lowest BCUT2D eigenvalue weighted by molar-refractivity contribution is 0.248. The summed E-state index contributed by atoms with van der Waals surface area (Å²) in [7, 11) is 0. The Labute approximate surface area is 171 Å². The van der Waals surface area contributed by atoms with Crippen molar-refractivity contribution in [3.05, 3.63) is 83.7 Å². The van der Waals surface area contributed by atoms with Crippen molar-refractivity contribution in [2.24, 2.45) is 0 Å². The number of nitrogens with zero attached hydrogens (tertiary/aromatic N) is 5. The van der Waals surface area contributed by atoms with Crippen LogP contribution in [-0.4, -0.2) is 41.0 Å². The van der Waals surface area contributed by atoms with Crippen molar-refractivity contribution in [3.63, 3.8) is 0 Å². The molecule has 0 amide bonds. The summed E-state index contributed by atoms with van der Waals surface area (Å²) in [5.41, 5.74) is 3.02. The predicted octanol–water partition coefficient (Wildman–Crippen LogP) is 3.25. The average molecular weight is 385 g/mol. The second kappa shape index (κ2) is 9.18. The first-order valence-electron chi connectivity index (χ1n) is 9.75. The molecule has 1 saturated heterocycles. The van der Waals surface area contributed by atoms with Crippen molar-refractivity contribution in [1.82, 2.24) is 14.9 Å². The van der Waals surface area contributed by atoms with Crippen LogP contribution in [0.5, 0.6) is 5.88 Å². The van der Waals surface area contributed by atoms with Crippen LogP contribution in [0.3, 0.4) is 0 Å². The van der Waals surface area contributed by atoms with Gasteiger partial charge in [0.1, 0.15) is 12.4 Å².